The normalized spacial score (nSPS) is 14.9. The maximum absolute atomic E-state index is 13.5. The predicted octanol–water partition coefficient (Wildman–Crippen LogP) is 4.50. The van der Waals surface area contributed by atoms with Crippen LogP contribution in [0.3, 0.4) is 0 Å². The number of carbonyl (C=O) groups excluding carboxylic acids is 2. The summed E-state index contributed by atoms with van der Waals surface area (Å²) in [5.41, 5.74) is 1.38. The van der Waals surface area contributed by atoms with Crippen LogP contribution in [0.2, 0.25) is 0 Å². The van der Waals surface area contributed by atoms with E-state index in [4.69, 9.17) is 4.74 Å². The predicted molar refractivity (Wildman–Crippen MR) is 151 cm³/mol. The van der Waals surface area contributed by atoms with Gasteiger partial charge in [-0.25, -0.2) is 8.42 Å². The first-order chi connectivity index (χ1) is 18.2. The molecule has 0 spiro atoms. The maximum atomic E-state index is 13.5. The van der Waals surface area contributed by atoms with Crippen LogP contribution in [0.4, 0.5) is 5.69 Å². The molecule has 3 rings (SSSR count). The number of hydrogen-bond acceptors (Lipinski definition) is 5. The van der Waals surface area contributed by atoms with Gasteiger partial charge < -0.3 is 15.0 Å². The highest BCUT2D eigenvalue weighted by atomic mass is 32.2. The number of sulfonamides is 1. The number of benzene rings is 2. The van der Waals surface area contributed by atoms with E-state index in [0.29, 0.717) is 31.0 Å². The van der Waals surface area contributed by atoms with Crippen LogP contribution in [0.5, 0.6) is 5.75 Å². The molecule has 0 radical (unpaired) electrons. The Morgan fingerprint density at radius 3 is 2.34 bits per heavy atom. The lowest BCUT2D eigenvalue weighted by molar-refractivity contribution is -0.141. The Bertz CT molecular complexity index is 1150. The van der Waals surface area contributed by atoms with Gasteiger partial charge in [-0.15, -0.1) is 0 Å². The van der Waals surface area contributed by atoms with Gasteiger partial charge in [0.05, 0.1) is 18.6 Å². The Morgan fingerprint density at radius 1 is 1.03 bits per heavy atom. The number of carbonyl (C=O) groups is 2. The fourth-order valence-corrected chi connectivity index (χ4v) is 5.82. The Kier molecular flexibility index (Phi) is 11.0. The van der Waals surface area contributed by atoms with Gasteiger partial charge in [-0.05, 0) is 50.8 Å². The average Bonchev–Trinajstić information content (AvgIpc) is 2.90. The molecule has 2 aromatic carbocycles. The molecule has 1 atom stereocenters. The van der Waals surface area contributed by atoms with Crippen molar-refractivity contribution in [2.45, 2.75) is 77.4 Å². The molecule has 0 aliphatic heterocycles. The van der Waals surface area contributed by atoms with Gasteiger partial charge in [0.2, 0.25) is 21.8 Å². The fourth-order valence-electron chi connectivity index (χ4n) is 4.85. The highest BCUT2D eigenvalue weighted by Crippen LogP contribution is 2.30. The first kappa shape index (κ1) is 29.5. The van der Waals surface area contributed by atoms with Crippen LogP contribution in [-0.2, 0) is 26.2 Å². The molecule has 0 bridgehead atoms. The van der Waals surface area contributed by atoms with E-state index in [9.17, 15) is 18.0 Å². The standard InChI is InChI=1S/C29H41N3O5S/c1-4-37-27-19-12-11-18-26(27)32(38(3,35)36)21-13-20-28(33)31(22-24-14-7-5-8-15-24)23(2)29(34)30-25-16-9-6-10-17-25/h5,7-8,11-12,14-15,18-19,23,25H,4,6,9-10,13,16-17,20-22H2,1-3H3,(H,30,34)/t23-/m1/s1. The van der Waals surface area contributed by atoms with Crippen molar-refractivity contribution in [1.82, 2.24) is 10.2 Å². The Hall–Kier alpha value is -3.07. The number of rotatable bonds is 13. The molecule has 38 heavy (non-hydrogen) atoms. The van der Waals surface area contributed by atoms with Crippen molar-refractivity contribution < 1.29 is 22.7 Å². The highest BCUT2D eigenvalue weighted by Gasteiger charge is 2.28. The number of anilines is 1. The largest absolute Gasteiger partial charge is 0.492 e. The lowest BCUT2D eigenvalue weighted by Gasteiger charge is -2.31. The molecule has 0 saturated heterocycles. The lowest BCUT2D eigenvalue weighted by atomic mass is 9.95. The molecular formula is C29H41N3O5S. The van der Waals surface area contributed by atoms with Crippen LogP contribution in [0.15, 0.2) is 54.6 Å². The molecule has 208 valence electrons. The first-order valence-corrected chi connectivity index (χ1v) is 15.4. The summed E-state index contributed by atoms with van der Waals surface area (Å²) >= 11 is 0. The second-order valence-corrected chi connectivity index (χ2v) is 11.8. The second kappa shape index (κ2) is 14.2. The van der Waals surface area contributed by atoms with E-state index in [1.54, 1.807) is 36.1 Å². The van der Waals surface area contributed by atoms with Gasteiger partial charge in [-0.3, -0.25) is 13.9 Å². The van der Waals surface area contributed by atoms with Crippen LogP contribution in [0.1, 0.15) is 64.4 Å². The van der Waals surface area contributed by atoms with Crippen LogP contribution in [-0.4, -0.2) is 56.6 Å². The summed E-state index contributed by atoms with van der Waals surface area (Å²) in [6, 6.07) is 16.1. The SMILES string of the molecule is CCOc1ccccc1N(CCCC(=O)N(Cc1ccccc1)[C@H](C)C(=O)NC1CCCCC1)S(C)(=O)=O. The van der Waals surface area contributed by atoms with Gasteiger partial charge in [0, 0.05) is 25.6 Å². The molecule has 0 unspecified atom stereocenters. The molecule has 1 aliphatic rings. The van der Waals surface area contributed by atoms with Gasteiger partial charge in [0.1, 0.15) is 11.8 Å². The summed E-state index contributed by atoms with van der Waals surface area (Å²) in [6.45, 7) is 4.44. The first-order valence-electron chi connectivity index (χ1n) is 13.5. The molecule has 1 N–H and O–H groups in total. The van der Waals surface area contributed by atoms with Crippen molar-refractivity contribution in [3.8, 4) is 5.75 Å². The van der Waals surface area contributed by atoms with E-state index in [1.165, 1.54) is 10.7 Å². The minimum Gasteiger partial charge on any atom is -0.492 e. The monoisotopic (exact) mass is 543 g/mol. The minimum atomic E-state index is -3.61. The van der Waals surface area contributed by atoms with Gasteiger partial charge in [0.15, 0.2) is 0 Å². The lowest BCUT2D eigenvalue weighted by Crippen LogP contribution is -2.50. The van der Waals surface area contributed by atoms with E-state index < -0.39 is 16.1 Å². The van der Waals surface area contributed by atoms with Crippen LogP contribution in [0, 0.1) is 0 Å². The molecule has 1 aliphatic carbocycles. The molecule has 2 aromatic rings. The summed E-state index contributed by atoms with van der Waals surface area (Å²) in [6.07, 6.45) is 6.90. The smallest absolute Gasteiger partial charge is 0.242 e. The zero-order chi connectivity index (χ0) is 27.5. The average molecular weight is 544 g/mol. The molecule has 9 heteroatoms. The number of amides is 2. The molecule has 0 heterocycles. The van der Waals surface area contributed by atoms with Crippen molar-refractivity contribution in [3.05, 3.63) is 60.2 Å². The summed E-state index contributed by atoms with van der Waals surface area (Å²) in [7, 11) is -3.61. The van der Waals surface area contributed by atoms with Gasteiger partial charge in [-0.1, -0.05) is 61.7 Å². The van der Waals surface area contributed by atoms with E-state index in [0.717, 1.165) is 37.5 Å². The second-order valence-electron chi connectivity index (χ2n) is 9.87. The van der Waals surface area contributed by atoms with Crippen LogP contribution in [0.25, 0.3) is 0 Å². The molecule has 2 amide bonds. The third-order valence-electron chi connectivity index (χ3n) is 6.90. The quantitative estimate of drug-likeness (QED) is 0.401. The third-order valence-corrected chi connectivity index (χ3v) is 8.08. The maximum Gasteiger partial charge on any atom is 0.242 e. The van der Waals surface area contributed by atoms with Crippen LogP contribution < -0.4 is 14.4 Å². The topological polar surface area (TPSA) is 96.0 Å². The zero-order valence-electron chi connectivity index (χ0n) is 22.8. The van der Waals surface area contributed by atoms with Gasteiger partial charge in [-0.2, -0.15) is 0 Å². The fraction of sp³-hybridized carbons (Fsp3) is 0.517. The van der Waals surface area contributed by atoms with E-state index >= 15 is 0 Å². The Morgan fingerprint density at radius 2 is 1.68 bits per heavy atom. The summed E-state index contributed by atoms with van der Waals surface area (Å²) < 4.78 is 32.2. The number of nitrogens with one attached hydrogen (secondary N) is 1. The molecule has 8 nitrogen and oxygen atoms in total. The van der Waals surface area contributed by atoms with Gasteiger partial charge >= 0.3 is 0 Å². The van der Waals surface area contributed by atoms with Crippen LogP contribution >= 0.6 is 0 Å². The number of hydrogen-bond donors (Lipinski definition) is 1. The Balaban J connectivity index is 1.71. The summed E-state index contributed by atoms with van der Waals surface area (Å²) in [5, 5.41) is 3.14. The Labute approximate surface area is 227 Å². The number of ether oxygens (including phenoxy) is 1. The summed E-state index contributed by atoms with van der Waals surface area (Å²) in [4.78, 5) is 28.2. The van der Waals surface area contributed by atoms with Crippen molar-refractivity contribution in [3.63, 3.8) is 0 Å². The zero-order valence-corrected chi connectivity index (χ0v) is 23.6. The molecule has 0 aromatic heterocycles. The van der Waals surface area contributed by atoms with E-state index in [2.05, 4.69) is 5.32 Å². The van der Waals surface area contributed by atoms with Crippen molar-refractivity contribution in [2.24, 2.45) is 0 Å². The molecular weight excluding hydrogens is 502 g/mol. The van der Waals surface area contributed by atoms with E-state index in [-0.39, 0.29) is 30.8 Å². The molecule has 1 fully saturated rings. The van der Waals surface area contributed by atoms with Crippen molar-refractivity contribution >= 4 is 27.5 Å². The van der Waals surface area contributed by atoms with Gasteiger partial charge in [0.25, 0.3) is 0 Å². The van der Waals surface area contributed by atoms with E-state index in [1.807, 2.05) is 37.3 Å². The number of nitrogens with zero attached hydrogens (tertiary/aromatic N) is 2. The number of para-hydroxylation sites is 2. The minimum absolute atomic E-state index is 0.108. The van der Waals surface area contributed by atoms with Crippen molar-refractivity contribution in [1.29, 1.82) is 0 Å². The third kappa shape index (κ3) is 8.48. The highest BCUT2D eigenvalue weighted by molar-refractivity contribution is 7.92. The summed E-state index contributed by atoms with van der Waals surface area (Å²) in [5.74, 6) is 0.140. The molecule has 1 saturated carbocycles. The van der Waals surface area contributed by atoms with Crippen molar-refractivity contribution in [2.75, 3.05) is 23.7 Å².